The molecule has 44 heavy (non-hydrogen) atoms. The largest absolute Gasteiger partial charge is 0.460 e. The number of benzene rings is 4. The fourth-order valence-corrected chi connectivity index (χ4v) is 6.65. The Balaban J connectivity index is 1.06. The van der Waals surface area contributed by atoms with Crippen molar-refractivity contribution in [1.29, 1.82) is 0 Å². The van der Waals surface area contributed by atoms with Gasteiger partial charge in [-0.05, 0) is 56.3 Å². The van der Waals surface area contributed by atoms with E-state index in [1.165, 1.54) is 6.08 Å². The molecule has 1 amide bonds. The highest BCUT2D eigenvalue weighted by molar-refractivity contribution is 8.13. The summed E-state index contributed by atoms with van der Waals surface area (Å²) in [7, 11) is 0. The molecule has 2 aliphatic carbocycles. The summed E-state index contributed by atoms with van der Waals surface area (Å²) < 4.78 is 16.4. The Labute approximate surface area is 260 Å². The Bertz CT molecular complexity index is 1630. The zero-order valence-electron chi connectivity index (χ0n) is 23.9. The van der Waals surface area contributed by atoms with Crippen molar-refractivity contribution in [1.82, 2.24) is 5.32 Å². The summed E-state index contributed by atoms with van der Waals surface area (Å²) in [5.41, 5.74) is 8.86. The second kappa shape index (κ2) is 13.2. The van der Waals surface area contributed by atoms with Gasteiger partial charge in [-0.1, -0.05) is 110 Å². The van der Waals surface area contributed by atoms with E-state index in [-0.39, 0.29) is 37.4 Å². The molecule has 0 fully saturated rings. The van der Waals surface area contributed by atoms with Gasteiger partial charge in [-0.3, -0.25) is 0 Å². The molecule has 0 aliphatic heterocycles. The van der Waals surface area contributed by atoms with Crippen molar-refractivity contribution >= 4 is 29.1 Å². The molecule has 0 spiro atoms. The maximum absolute atomic E-state index is 12.9. The third kappa shape index (κ3) is 5.98. The van der Waals surface area contributed by atoms with Crippen LogP contribution < -0.4 is 5.32 Å². The average Bonchev–Trinajstić information content (AvgIpc) is 3.56. The molecule has 0 saturated carbocycles. The summed E-state index contributed by atoms with van der Waals surface area (Å²) in [5.74, 6) is -0.997. The van der Waals surface area contributed by atoms with Crippen molar-refractivity contribution in [2.45, 2.75) is 17.9 Å². The first-order chi connectivity index (χ1) is 21.5. The SMILES string of the molecule is C=CCOC(=O)[C@H](CSC(=O)OCC1c2ccccc2-c2ccccc21)NC(=O)OCC1c2ccccc2-c2ccccc21. The number of hydrogen-bond acceptors (Lipinski definition) is 7. The molecule has 7 nitrogen and oxygen atoms in total. The van der Waals surface area contributed by atoms with E-state index in [2.05, 4.69) is 36.2 Å². The normalized spacial score (nSPS) is 13.5. The molecule has 0 saturated heterocycles. The van der Waals surface area contributed by atoms with Crippen LogP contribution in [0.15, 0.2) is 110 Å². The fourth-order valence-electron chi connectivity index (χ4n) is 5.98. The lowest BCUT2D eigenvalue weighted by Gasteiger charge is -2.19. The number of nitrogens with one attached hydrogen (secondary N) is 1. The molecule has 2 aliphatic rings. The van der Waals surface area contributed by atoms with Gasteiger partial charge in [0.1, 0.15) is 25.9 Å². The summed E-state index contributed by atoms with van der Waals surface area (Å²) in [6, 6.07) is 31.1. The highest BCUT2D eigenvalue weighted by Crippen LogP contribution is 2.45. The van der Waals surface area contributed by atoms with Crippen molar-refractivity contribution in [3.05, 3.63) is 132 Å². The standard InChI is InChI=1S/C36H31NO6S/c1-2-19-41-34(38)33(37-35(39)42-20-31-27-15-7-3-11-23(27)24-12-4-8-16-28(24)31)22-44-36(40)43-21-32-29-17-9-5-13-25(29)26-14-6-10-18-30(26)32/h2-18,31-33H,1,19-22H2,(H,37,39)/t33-/m0/s1. The average molecular weight is 606 g/mol. The van der Waals surface area contributed by atoms with Gasteiger partial charge in [0.15, 0.2) is 0 Å². The van der Waals surface area contributed by atoms with E-state index in [1.54, 1.807) is 0 Å². The van der Waals surface area contributed by atoms with E-state index < -0.39 is 23.4 Å². The van der Waals surface area contributed by atoms with Crippen molar-refractivity contribution < 1.29 is 28.6 Å². The van der Waals surface area contributed by atoms with Crippen LogP contribution in [0.3, 0.4) is 0 Å². The number of amides is 1. The maximum Gasteiger partial charge on any atom is 0.407 e. The Morgan fingerprint density at radius 2 is 1.11 bits per heavy atom. The third-order valence-electron chi connectivity index (χ3n) is 7.96. The highest BCUT2D eigenvalue weighted by atomic mass is 32.2. The molecule has 1 N–H and O–H groups in total. The third-order valence-corrected chi connectivity index (χ3v) is 8.82. The van der Waals surface area contributed by atoms with Crippen molar-refractivity contribution in [2.24, 2.45) is 0 Å². The van der Waals surface area contributed by atoms with Crippen LogP contribution >= 0.6 is 11.8 Å². The molecule has 0 radical (unpaired) electrons. The van der Waals surface area contributed by atoms with Crippen molar-refractivity contribution in [2.75, 3.05) is 25.6 Å². The van der Waals surface area contributed by atoms with Gasteiger partial charge in [0.2, 0.25) is 0 Å². The van der Waals surface area contributed by atoms with Crippen LogP contribution in [0.25, 0.3) is 22.3 Å². The number of thioether (sulfide) groups is 1. The summed E-state index contributed by atoms with van der Waals surface area (Å²) in [6.45, 7) is 3.78. The van der Waals surface area contributed by atoms with Gasteiger partial charge in [-0.25, -0.2) is 14.4 Å². The van der Waals surface area contributed by atoms with Crippen molar-refractivity contribution in [3.8, 4) is 22.3 Å². The Hall–Kier alpha value is -4.82. The minimum atomic E-state index is -1.13. The number of rotatable bonds is 10. The molecular weight excluding hydrogens is 574 g/mol. The van der Waals surface area contributed by atoms with E-state index in [0.29, 0.717) is 0 Å². The molecule has 1 atom stereocenters. The molecule has 0 bridgehead atoms. The number of alkyl carbamates (subject to hydrolysis) is 1. The van der Waals surface area contributed by atoms with Crippen LogP contribution in [0.1, 0.15) is 34.1 Å². The van der Waals surface area contributed by atoms with Crippen LogP contribution in [-0.2, 0) is 19.0 Å². The summed E-state index contributed by atoms with van der Waals surface area (Å²) in [5, 5.41) is 2.02. The summed E-state index contributed by atoms with van der Waals surface area (Å²) in [6.07, 6.45) is 0.654. The number of fused-ring (bicyclic) bond motifs is 6. The lowest BCUT2D eigenvalue weighted by molar-refractivity contribution is -0.144. The predicted molar refractivity (Wildman–Crippen MR) is 171 cm³/mol. The van der Waals surface area contributed by atoms with Crippen LogP contribution in [0.5, 0.6) is 0 Å². The number of carbonyl (C=O) groups excluding carboxylic acids is 3. The maximum atomic E-state index is 12.9. The van der Waals surface area contributed by atoms with Gasteiger partial charge in [-0.15, -0.1) is 0 Å². The van der Waals surface area contributed by atoms with E-state index in [4.69, 9.17) is 14.2 Å². The second-order valence-corrected chi connectivity index (χ2v) is 11.5. The second-order valence-electron chi connectivity index (χ2n) is 10.5. The zero-order valence-corrected chi connectivity index (χ0v) is 24.8. The van der Waals surface area contributed by atoms with Gasteiger partial charge in [-0.2, -0.15) is 0 Å². The molecule has 0 aromatic heterocycles. The van der Waals surface area contributed by atoms with Gasteiger partial charge >= 0.3 is 17.4 Å². The number of hydrogen-bond donors (Lipinski definition) is 1. The van der Waals surface area contributed by atoms with Gasteiger partial charge in [0.05, 0.1) is 0 Å². The molecule has 0 heterocycles. The van der Waals surface area contributed by atoms with Crippen LogP contribution in [0.2, 0.25) is 0 Å². The minimum Gasteiger partial charge on any atom is -0.460 e. The Morgan fingerprint density at radius 1 is 0.682 bits per heavy atom. The quantitative estimate of drug-likeness (QED) is 0.115. The lowest BCUT2D eigenvalue weighted by atomic mass is 9.98. The molecule has 0 unspecified atom stereocenters. The van der Waals surface area contributed by atoms with E-state index >= 15 is 0 Å². The Morgan fingerprint density at radius 3 is 1.57 bits per heavy atom. The predicted octanol–water partition coefficient (Wildman–Crippen LogP) is 7.31. The number of carbonyl (C=O) groups is 3. The first-order valence-electron chi connectivity index (χ1n) is 14.4. The van der Waals surface area contributed by atoms with Gasteiger partial charge in [0.25, 0.3) is 0 Å². The summed E-state index contributed by atoms with van der Waals surface area (Å²) in [4.78, 5) is 38.5. The molecular formula is C36H31NO6S. The molecule has 4 aromatic rings. The molecule has 222 valence electrons. The van der Waals surface area contributed by atoms with E-state index in [9.17, 15) is 14.4 Å². The fraction of sp³-hybridized carbons (Fsp3) is 0.194. The molecule has 6 rings (SSSR count). The van der Waals surface area contributed by atoms with Crippen LogP contribution in [-0.4, -0.2) is 49.0 Å². The van der Waals surface area contributed by atoms with Crippen LogP contribution in [0, 0.1) is 0 Å². The van der Waals surface area contributed by atoms with Crippen molar-refractivity contribution in [3.63, 3.8) is 0 Å². The molecule has 4 aromatic carbocycles. The number of ether oxygens (including phenoxy) is 3. The van der Waals surface area contributed by atoms with Gasteiger partial charge < -0.3 is 19.5 Å². The van der Waals surface area contributed by atoms with E-state index in [1.807, 2.05) is 72.8 Å². The monoisotopic (exact) mass is 605 g/mol. The minimum absolute atomic E-state index is 0.0304. The molecule has 8 heteroatoms. The lowest BCUT2D eigenvalue weighted by Crippen LogP contribution is -2.44. The highest BCUT2D eigenvalue weighted by Gasteiger charge is 2.32. The Kier molecular flexibility index (Phi) is 8.79. The van der Waals surface area contributed by atoms with E-state index in [0.717, 1.165) is 56.3 Å². The first kappa shape index (κ1) is 29.3. The number of esters is 1. The van der Waals surface area contributed by atoms with Gasteiger partial charge in [0, 0.05) is 17.6 Å². The van der Waals surface area contributed by atoms with Crippen LogP contribution in [0.4, 0.5) is 9.59 Å². The smallest absolute Gasteiger partial charge is 0.407 e. The summed E-state index contributed by atoms with van der Waals surface area (Å²) >= 11 is 0.801. The zero-order chi connectivity index (χ0) is 30.5. The first-order valence-corrected chi connectivity index (χ1v) is 15.4. The topological polar surface area (TPSA) is 90.9 Å².